The second-order valence-corrected chi connectivity index (χ2v) is 6.32. The molecule has 0 saturated carbocycles. The summed E-state index contributed by atoms with van der Waals surface area (Å²) in [4.78, 5) is 5.06. The van der Waals surface area contributed by atoms with Crippen LogP contribution >= 0.6 is 0 Å². The van der Waals surface area contributed by atoms with Crippen molar-refractivity contribution in [3.8, 4) is 0 Å². The number of hydrogen-bond acceptors (Lipinski definition) is 3. The molecular formula is C18H29N3. The minimum absolute atomic E-state index is 0.532. The second kappa shape index (κ2) is 8.32. The molecule has 21 heavy (non-hydrogen) atoms. The van der Waals surface area contributed by atoms with Gasteiger partial charge in [-0.15, -0.1) is 0 Å². The van der Waals surface area contributed by atoms with Gasteiger partial charge in [-0.2, -0.15) is 0 Å². The van der Waals surface area contributed by atoms with Gasteiger partial charge in [0, 0.05) is 51.9 Å². The maximum absolute atomic E-state index is 4.19. The molecule has 2 rings (SSSR count). The van der Waals surface area contributed by atoms with E-state index in [1.165, 1.54) is 11.1 Å². The SMILES string of the molecule is C=C(CNC(C)C)CN1CCN(Cc2ccccc2)CC1. The molecule has 0 radical (unpaired) electrons. The first-order chi connectivity index (χ1) is 10.1. The smallest absolute Gasteiger partial charge is 0.0234 e. The average Bonchev–Trinajstić information content (AvgIpc) is 2.48. The number of hydrogen-bond donors (Lipinski definition) is 1. The lowest BCUT2D eigenvalue weighted by Crippen LogP contribution is -2.46. The van der Waals surface area contributed by atoms with Crippen LogP contribution in [0.3, 0.4) is 0 Å². The summed E-state index contributed by atoms with van der Waals surface area (Å²) in [5.41, 5.74) is 2.71. The highest BCUT2D eigenvalue weighted by Gasteiger charge is 2.17. The molecule has 116 valence electrons. The van der Waals surface area contributed by atoms with E-state index in [0.29, 0.717) is 6.04 Å². The van der Waals surface area contributed by atoms with Crippen molar-refractivity contribution in [1.29, 1.82) is 0 Å². The van der Waals surface area contributed by atoms with E-state index < -0.39 is 0 Å². The number of benzene rings is 1. The van der Waals surface area contributed by atoms with Crippen molar-refractivity contribution >= 4 is 0 Å². The highest BCUT2D eigenvalue weighted by molar-refractivity contribution is 5.14. The molecule has 0 unspecified atom stereocenters. The van der Waals surface area contributed by atoms with Crippen LogP contribution in [0, 0.1) is 0 Å². The lowest BCUT2D eigenvalue weighted by molar-refractivity contribution is 0.134. The van der Waals surface area contributed by atoms with Gasteiger partial charge in [0.1, 0.15) is 0 Å². The van der Waals surface area contributed by atoms with Gasteiger partial charge in [0.2, 0.25) is 0 Å². The molecule has 1 aromatic rings. The van der Waals surface area contributed by atoms with E-state index in [1.807, 2.05) is 0 Å². The van der Waals surface area contributed by atoms with Crippen molar-refractivity contribution in [2.24, 2.45) is 0 Å². The van der Waals surface area contributed by atoms with E-state index in [0.717, 1.165) is 45.8 Å². The molecule has 0 amide bonds. The first-order valence-electron chi connectivity index (χ1n) is 8.02. The molecule has 3 heteroatoms. The highest BCUT2D eigenvalue weighted by atomic mass is 15.3. The van der Waals surface area contributed by atoms with Crippen molar-refractivity contribution in [1.82, 2.24) is 15.1 Å². The van der Waals surface area contributed by atoms with Gasteiger partial charge in [-0.3, -0.25) is 9.80 Å². The Balaban J connectivity index is 1.67. The van der Waals surface area contributed by atoms with Crippen LogP contribution in [0.4, 0.5) is 0 Å². The van der Waals surface area contributed by atoms with Gasteiger partial charge < -0.3 is 5.32 Å². The Hall–Kier alpha value is -1.16. The van der Waals surface area contributed by atoms with Crippen LogP contribution in [0.2, 0.25) is 0 Å². The summed E-state index contributed by atoms with van der Waals surface area (Å²) < 4.78 is 0. The molecule has 1 N–H and O–H groups in total. The Labute approximate surface area is 129 Å². The maximum atomic E-state index is 4.19. The summed E-state index contributed by atoms with van der Waals surface area (Å²) >= 11 is 0. The maximum Gasteiger partial charge on any atom is 0.0234 e. The quantitative estimate of drug-likeness (QED) is 0.777. The summed E-state index contributed by atoms with van der Waals surface area (Å²) in [6, 6.07) is 11.3. The molecular weight excluding hydrogens is 258 g/mol. The van der Waals surface area contributed by atoms with E-state index in [4.69, 9.17) is 0 Å². The highest BCUT2D eigenvalue weighted by Crippen LogP contribution is 2.09. The predicted octanol–water partition coefficient (Wildman–Crippen LogP) is 2.36. The molecule has 1 aliphatic rings. The van der Waals surface area contributed by atoms with Crippen LogP contribution in [0.25, 0.3) is 0 Å². The summed E-state index contributed by atoms with van der Waals surface area (Å²) in [6.45, 7) is 16.2. The van der Waals surface area contributed by atoms with Crippen molar-refractivity contribution in [2.45, 2.75) is 26.4 Å². The van der Waals surface area contributed by atoms with Crippen molar-refractivity contribution in [2.75, 3.05) is 39.3 Å². The molecule has 1 aliphatic heterocycles. The van der Waals surface area contributed by atoms with E-state index in [1.54, 1.807) is 0 Å². The van der Waals surface area contributed by atoms with E-state index in [-0.39, 0.29) is 0 Å². The van der Waals surface area contributed by atoms with Crippen LogP contribution in [-0.4, -0.2) is 55.1 Å². The first kappa shape index (κ1) is 16.2. The van der Waals surface area contributed by atoms with E-state index in [2.05, 4.69) is 65.9 Å². The fourth-order valence-corrected chi connectivity index (χ4v) is 2.67. The van der Waals surface area contributed by atoms with E-state index >= 15 is 0 Å². The van der Waals surface area contributed by atoms with Crippen molar-refractivity contribution < 1.29 is 0 Å². The number of nitrogens with one attached hydrogen (secondary N) is 1. The fraction of sp³-hybridized carbons (Fsp3) is 0.556. The molecule has 0 spiro atoms. The molecule has 1 saturated heterocycles. The zero-order chi connectivity index (χ0) is 15.1. The lowest BCUT2D eigenvalue weighted by Gasteiger charge is -2.35. The third-order valence-electron chi connectivity index (χ3n) is 3.92. The second-order valence-electron chi connectivity index (χ2n) is 6.32. The topological polar surface area (TPSA) is 18.5 Å². The summed E-state index contributed by atoms with van der Waals surface area (Å²) in [5.74, 6) is 0. The standard InChI is InChI=1S/C18H29N3/c1-16(2)19-13-17(3)14-20-9-11-21(12-10-20)15-18-7-5-4-6-8-18/h4-8,16,19H,3,9-15H2,1-2H3. The van der Waals surface area contributed by atoms with Gasteiger partial charge in [-0.25, -0.2) is 0 Å². The third kappa shape index (κ3) is 6.00. The average molecular weight is 287 g/mol. The minimum Gasteiger partial charge on any atom is -0.311 e. The summed E-state index contributed by atoms with van der Waals surface area (Å²) in [5, 5.41) is 3.44. The monoisotopic (exact) mass is 287 g/mol. The van der Waals surface area contributed by atoms with Gasteiger partial charge in [0.15, 0.2) is 0 Å². The molecule has 1 fully saturated rings. The fourth-order valence-electron chi connectivity index (χ4n) is 2.67. The van der Waals surface area contributed by atoms with E-state index in [9.17, 15) is 0 Å². The van der Waals surface area contributed by atoms with Crippen LogP contribution < -0.4 is 5.32 Å². The van der Waals surface area contributed by atoms with Gasteiger partial charge >= 0.3 is 0 Å². The predicted molar refractivity (Wildman–Crippen MR) is 90.4 cm³/mol. The largest absolute Gasteiger partial charge is 0.311 e. The Morgan fingerprint density at radius 1 is 1.10 bits per heavy atom. The molecule has 3 nitrogen and oxygen atoms in total. The van der Waals surface area contributed by atoms with Gasteiger partial charge in [0.25, 0.3) is 0 Å². The van der Waals surface area contributed by atoms with Crippen LogP contribution in [-0.2, 0) is 6.54 Å². The van der Waals surface area contributed by atoms with Gasteiger partial charge in [0.05, 0.1) is 0 Å². The Morgan fingerprint density at radius 2 is 1.71 bits per heavy atom. The minimum atomic E-state index is 0.532. The van der Waals surface area contributed by atoms with Crippen LogP contribution in [0.15, 0.2) is 42.5 Å². The Kier molecular flexibility index (Phi) is 6.43. The summed E-state index contributed by atoms with van der Waals surface area (Å²) in [7, 11) is 0. The Bertz CT molecular complexity index is 419. The Morgan fingerprint density at radius 3 is 2.33 bits per heavy atom. The van der Waals surface area contributed by atoms with Gasteiger partial charge in [-0.1, -0.05) is 50.8 Å². The number of piperazine rings is 1. The molecule has 0 aliphatic carbocycles. The van der Waals surface area contributed by atoms with Crippen LogP contribution in [0.5, 0.6) is 0 Å². The first-order valence-corrected chi connectivity index (χ1v) is 8.02. The summed E-state index contributed by atoms with van der Waals surface area (Å²) in [6.07, 6.45) is 0. The van der Waals surface area contributed by atoms with Crippen molar-refractivity contribution in [3.05, 3.63) is 48.0 Å². The van der Waals surface area contributed by atoms with Crippen LogP contribution in [0.1, 0.15) is 19.4 Å². The van der Waals surface area contributed by atoms with Crippen molar-refractivity contribution in [3.63, 3.8) is 0 Å². The van der Waals surface area contributed by atoms with Gasteiger partial charge in [-0.05, 0) is 11.1 Å². The number of nitrogens with zero attached hydrogens (tertiary/aromatic N) is 2. The molecule has 0 bridgehead atoms. The zero-order valence-corrected chi connectivity index (χ0v) is 13.5. The molecule has 1 heterocycles. The molecule has 0 atom stereocenters. The zero-order valence-electron chi connectivity index (χ0n) is 13.5. The normalized spacial score (nSPS) is 17.3. The lowest BCUT2D eigenvalue weighted by atomic mass is 10.2. The molecule has 0 aromatic heterocycles. The molecule has 1 aromatic carbocycles. The number of rotatable bonds is 7. The third-order valence-corrected chi connectivity index (χ3v) is 3.92.